The molecule has 41 heavy (non-hydrogen) atoms. The summed E-state index contributed by atoms with van der Waals surface area (Å²) in [6, 6.07) is 5.29. The Labute approximate surface area is 238 Å². The Kier molecular flexibility index (Phi) is 6.61. The highest BCUT2D eigenvalue weighted by atomic mass is 16.5. The van der Waals surface area contributed by atoms with Crippen LogP contribution in [0.15, 0.2) is 24.4 Å². The third kappa shape index (κ3) is 4.62. The fourth-order valence-corrected chi connectivity index (χ4v) is 7.16. The predicted octanol–water partition coefficient (Wildman–Crippen LogP) is 3.96. The second kappa shape index (κ2) is 10.3. The minimum absolute atomic E-state index is 0.152. The van der Waals surface area contributed by atoms with Gasteiger partial charge in [0.2, 0.25) is 0 Å². The number of hydrogen-bond donors (Lipinski definition) is 3. The van der Waals surface area contributed by atoms with Gasteiger partial charge in [-0.2, -0.15) is 0 Å². The number of hydrogen-bond acceptors (Lipinski definition) is 9. The molecule has 12 heteroatoms. The van der Waals surface area contributed by atoms with E-state index in [4.69, 9.17) is 24.5 Å². The number of aryl methyl sites for hydroxylation is 1. The van der Waals surface area contributed by atoms with Crippen LogP contribution in [0.5, 0.6) is 5.75 Å². The van der Waals surface area contributed by atoms with E-state index in [1.54, 1.807) is 6.07 Å². The Morgan fingerprint density at radius 2 is 2.00 bits per heavy atom. The van der Waals surface area contributed by atoms with Crippen LogP contribution in [-0.4, -0.2) is 81.0 Å². The zero-order chi connectivity index (χ0) is 28.1. The van der Waals surface area contributed by atoms with E-state index in [1.165, 1.54) is 0 Å². The summed E-state index contributed by atoms with van der Waals surface area (Å²) in [6.07, 6.45) is 6.92. The van der Waals surface area contributed by atoms with Crippen molar-refractivity contribution in [3.8, 4) is 5.75 Å². The van der Waals surface area contributed by atoms with Crippen LogP contribution in [0, 0.1) is 5.41 Å². The molecule has 3 saturated heterocycles. The fraction of sp³-hybridized carbons (Fsp3) is 0.586. The molecule has 7 rings (SSSR count). The number of rotatable bonds is 4. The molecule has 1 aromatic carbocycles. The van der Waals surface area contributed by atoms with E-state index in [0.717, 1.165) is 93.0 Å². The third-order valence-corrected chi connectivity index (χ3v) is 9.36. The first-order valence-electron chi connectivity index (χ1n) is 14.7. The van der Waals surface area contributed by atoms with Crippen LogP contribution in [0.2, 0.25) is 0 Å². The highest BCUT2D eigenvalue weighted by molar-refractivity contribution is 5.88. The first-order valence-corrected chi connectivity index (χ1v) is 14.7. The van der Waals surface area contributed by atoms with Crippen LogP contribution >= 0.6 is 0 Å². The van der Waals surface area contributed by atoms with Crippen molar-refractivity contribution in [1.29, 1.82) is 0 Å². The molecular formula is C29H37N7O5. The average Bonchev–Trinajstić information content (AvgIpc) is 3.51. The molecule has 12 nitrogen and oxygen atoms in total. The van der Waals surface area contributed by atoms with Crippen LogP contribution in [0.4, 0.5) is 22.1 Å². The van der Waals surface area contributed by atoms with Gasteiger partial charge in [-0.15, -0.1) is 5.10 Å². The maximum atomic E-state index is 11.5. The highest BCUT2D eigenvalue weighted by Gasteiger charge is 2.50. The van der Waals surface area contributed by atoms with Crippen LogP contribution < -0.4 is 15.1 Å². The molecule has 3 N–H and O–H groups in total. The zero-order valence-electron chi connectivity index (χ0n) is 23.3. The summed E-state index contributed by atoms with van der Waals surface area (Å²) in [7, 11) is 0. The number of carbonyl (C=O) groups is 1. The van der Waals surface area contributed by atoms with Crippen LogP contribution in [0.1, 0.15) is 57.2 Å². The van der Waals surface area contributed by atoms with Gasteiger partial charge in [-0.25, -0.2) is 19.4 Å². The number of aromatic hydroxyl groups is 1. The maximum Gasteiger partial charge on any atom is 0.404 e. The number of nitrogens with one attached hydrogen (secondary N) is 1. The number of nitrogens with zero attached hydrogens (tertiary/aromatic N) is 6. The first-order chi connectivity index (χ1) is 19.9. The molecule has 0 radical (unpaired) electrons. The number of aromatic nitrogens is 4. The number of fused-ring (bicyclic) bond motifs is 2. The van der Waals surface area contributed by atoms with Crippen LogP contribution in [-0.2, 0) is 15.9 Å². The lowest BCUT2D eigenvalue weighted by molar-refractivity contribution is -0.0368. The molecule has 1 unspecified atom stereocenters. The van der Waals surface area contributed by atoms with Crippen molar-refractivity contribution in [3.63, 3.8) is 0 Å². The number of anilines is 3. The molecule has 3 atom stereocenters. The van der Waals surface area contributed by atoms with Gasteiger partial charge in [0.05, 0.1) is 24.9 Å². The van der Waals surface area contributed by atoms with Crippen LogP contribution in [0.25, 0.3) is 11.2 Å². The van der Waals surface area contributed by atoms with E-state index in [9.17, 15) is 15.0 Å². The lowest BCUT2D eigenvalue weighted by Gasteiger charge is -2.42. The molecule has 3 fully saturated rings. The van der Waals surface area contributed by atoms with E-state index in [2.05, 4.69) is 15.1 Å². The molecule has 218 valence electrons. The predicted molar refractivity (Wildman–Crippen MR) is 152 cm³/mol. The standard InChI is InChI=1S/C29H37N7O5/c1-18-25(32-28(38)39)29(17-41-18)9-12-34(13-10-29)22-16-30-24-26(31-22)36(23-6-2-3-14-40-23)33-27(24)35-11-4-5-19-15-20(37)7-8-21(19)35/h7-8,15-16,18,23,25,32,37H,2-6,9-14,17H2,1H3,(H,38,39)/t18-,23?,25+/m0/s1. The lowest BCUT2D eigenvalue weighted by atomic mass is 9.73. The van der Waals surface area contributed by atoms with Gasteiger partial charge in [0.15, 0.2) is 23.2 Å². The number of amides is 1. The Bertz CT molecular complexity index is 1450. The number of phenolic OH excluding ortho intramolecular Hbond substituents is 1. The van der Waals surface area contributed by atoms with Gasteiger partial charge in [0, 0.05) is 37.3 Å². The molecule has 4 aliphatic heterocycles. The molecule has 0 aliphatic carbocycles. The summed E-state index contributed by atoms with van der Waals surface area (Å²) in [6.45, 7) is 5.47. The van der Waals surface area contributed by atoms with E-state index in [-0.39, 0.29) is 29.5 Å². The fourth-order valence-electron chi connectivity index (χ4n) is 7.16. The zero-order valence-corrected chi connectivity index (χ0v) is 23.3. The normalized spacial score (nSPS) is 25.9. The minimum atomic E-state index is -1.01. The Morgan fingerprint density at radius 3 is 2.78 bits per heavy atom. The number of phenols is 1. The van der Waals surface area contributed by atoms with Gasteiger partial charge >= 0.3 is 6.09 Å². The highest BCUT2D eigenvalue weighted by Crippen LogP contribution is 2.44. The van der Waals surface area contributed by atoms with Crippen molar-refractivity contribution in [2.24, 2.45) is 5.41 Å². The topological polar surface area (TPSA) is 138 Å². The molecular weight excluding hydrogens is 526 g/mol. The number of carboxylic acid groups (broad SMARTS) is 1. The monoisotopic (exact) mass is 563 g/mol. The van der Waals surface area contributed by atoms with E-state index >= 15 is 0 Å². The molecule has 6 heterocycles. The molecule has 1 spiro atoms. The molecule has 0 saturated carbocycles. The average molecular weight is 564 g/mol. The number of benzene rings is 1. The van der Waals surface area contributed by atoms with E-state index in [1.807, 2.05) is 29.9 Å². The summed E-state index contributed by atoms with van der Waals surface area (Å²) in [5, 5.41) is 27.3. The number of ether oxygens (including phenoxy) is 2. The second-order valence-corrected chi connectivity index (χ2v) is 11.9. The first kappa shape index (κ1) is 26.3. The summed E-state index contributed by atoms with van der Waals surface area (Å²) in [5.74, 6) is 1.82. The maximum absolute atomic E-state index is 11.5. The molecule has 1 amide bonds. The van der Waals surface area contributed by atoms with Gasteiger partial charge in [-0.1, -0.05) is 0 Å². The van der Waals surface area contributed by atoms with Crippen molar-refractivity contribution < 1.29 is 24.5 Å². The SMILES string of the molecule is C[C@@H]1OCC2(CCN(c3cnc4c(N5CCCc6cc(O)ccc65)nn(C5CCCCO5)c4n3)CC2)[C@@H]1NC(=O)O. The van der Waals surface area contributed by atoms with Crippen molar-refractivity contribution in [1.82, 2.24) is 25.1 Å². The van der Waals surface area contributed by atoms with E-state index in [0.29, 0.717) is 18.9 Å². The van der Waals surface area contributed by atoms with Crippen molar-refractivity contribution >= 4 is 34.6 Å². The number of piperidine rings is 1. The summed E-state index contributed by atoms with van der Waals surface area (Å²) in [5.41, 5.74) is 3.36. The summed E-state index contributed by atoms with van der Waals surface area (Å²) < 4.78 is 14.0. The van der Waals surface area contributed by atoms with Gasteiger partial charge < -0.3 is 34.8 Å². The van der Waals surface area contributed by atoms with Gasteiger partial charge in [0.1, 0.15) is 11.6 Å². The molecule has 4 aliphatic rings. The van der Waals surface area contributed by atoms with Gasteiger partial charge in [-0.3, -0.25) is 0 Å². The Balaban J connectivity index is 1.22. The second-order valence-electron chi connectivity index (χ2n) is 11.9. The Hall–Kier alpha value is -3.64. The summed E-state index contributed by atoms with van der Waals surface area (Å²) in [4.78, 5) is 26.0. The van der Waals surface area contributed by atoms with Crippen molar-refractivity contribution in [2.75, 3.05) is 42.6 Å². The molecule has 0 bridgehead atoms. The van der Waals surface area contributed by atoms with Crippen molar-refractivity contribution in [2.45, 2.75) is 70.2 Å². The molecule has 3 aromatic rings. The lowest BCUT2D eigenvalue weighted by Crippen LogP contribution is -2.54. The van der Waals surface area contributed by atoms with E-state index < -0.39 is 6.09 Å². The molecule has 2 aromatic heterocycles. The smallest absolute Gasteiger partial charge is 0.404 e. The Morgan fingerprint density at radius 1 is 1.15 bits per heavy atom. The summed E-state index contributed by atoms with van der Waals surface area (Å²) >= 11 is 0. The quantitative estimate of drug-likeness (QED) is 0.428. The van der Waals surface area contributed by atoms with Crippen molar-refractivity contribution in [3.05, 3.63) is 30.0 Å². The van der Waals surface area contributed by atoms with Gasteiger partial charge in [0.25, 0.3) is 0 Å². The third-order valence-electron chi connectivity index (χ3n) is 9.36. The van der Waals surface area contributed by atoms with Gasteiger partial charge in [-0.05, 0) is 75.6 Å². The van der Waals surface area contributed by atoms with Crippen LogP contribution in [0.3, 0.4) is 0 Å². The largest absolute Gasteiger partial charge is 0.508 e. The minimum Gasteiger partial charge on any atom is -0.508 e.